The minimum Gasteiger partial charge on any atom is -0.465 e. The molecule has 2 atom stereocenters. The first-order chi connectivity index (χ1) is 9.97. The molecule has 0 aromatic rings. The van der Waals surface area contributed by atoms with Crippen LogP contribution in [0, 0.1) is 5.92 Å². The Balaban J connectivity index is 3.05. The van der Waals surface area contributed by atoms with Crippen LogP contribution >= 0.6 is 0 Å². The molecule has 1 saturated heterocycles. The van der Waals surface area contributed by atoms with Crippen LogP contribution in [0.2, 0.25) is 0 Å². The van der Waals surface area contributed by atoms with Gasteiger partial charge in [-0.15, -0.1) is 0 Å². The molecule has 1 aliphatic heterocycles. The van der Waals surface area contributed by atoms with Crippen molar-refractivity contribution in [2.75, 3.05) is 26.4 Å². The third-order valence-corrected chi connectivity index (χ3v) is 2.90. The number of hydrogen-bond donors (Lipinski definition) is 0. The third kappa shape index (κ3) is 3.71. The summed E-state index contributed by atoms with van der Waals surface area (Å²) in [4.78, 5) is 48.6. The van der Waals surface area contributed by atoms with Crippen molar-refractivity contribution in [3.8, 4) is 0 Å². The van der Waals surface area contributed by atoms with Gasteiger partial charge in [0.15, 0.2) is 11.8 Å². The van der Waals surface area contributed by atoms with Gasteiger partial charge >= 0.3 is 18.0 Å². The number of hydrogen-bond acceptors (Lipinski definition) is 7. The van der Waals surface area contributed by atoms with Gasteiger partial charge in [0.2, 0.25) is 0 Å². The summed E-state index contributed by atoms with van der Waals surface area (Å²) in [6.45, 7) is 4.60. The van der Waals surface area contributed by atoms with Crippen molar-refractivity contribution in [1.82, 2.24) is 4.90 Å². The quantitative estimate of drug-likeness (QED) is 0.404. The van der Waals surface area contributed by atoms with Crippen molar-refractivity contribution in [3.05, 3.63) is 0 Å². The SMILES string of the molecule is CCOC(=O)C1C(=O)CN(C(=O)OCC)C1C(=O)OCC. The Bertz CT molecular complexity index is 434. The highest BCUT2D eigenvalue weighted by molar-refractivity contribution is 6.09. The molecule has 21 heavy (non-hydrogen) atoms. The smallest absolute Gasteiger partial charge is 0.410 e. The van der Waals surface area contributed by atoms with Crippen LogP contribution in [0.25, 0.3) is 0 Å². The Morgan fingerprint density at radius 3 is 2.05 bits per heavy atom. The fraction of sp³-hybridized carbons (Fsp3) is 0.692. The zero-order valence-electron chi connectivity index (χ0n) is 12.3. The second kappa shape index (κ2) is 7.61. The summed E-state index contributed by atoms with van der Waals surface area (Å²) in [5.41, 5.74) is 0. The van der Waals surface area contributed by atoms with Crippen LogP contribution in [0.4, 0.5) is 4.79 Å². The molecule has 0 aromatic carbocycles. The van der Waals surface area contributed by atoms with Crippen LogP contribution in [0.5, 0.6) is 0 Å². The average molecular weight is 301 g/mol. The van der Waals surface area contributed by atoms with Gasteiger partial charge in [-0.05, 0) is 20.8 Å². The highest BCUT2D eigenvalue weighted by atomic mass is 16.6. The number of carbonyl (C=O) groups is 4. The molecule has 0 bridgehead atoms. The predicted molar refractivity (Wildman–Crippen MR) is 69.3 cm³/mol. The number of carbonyl (C=O) groups excluding carboxylic acids is 4. The number of amides is 1. The molecule has 0 N–H and O–H groups in total. The minimum absolute atomic E-state index is 0.0652. The van der Waals surface area contributed by atoms with Gasteiger partial charge in [0, 0.05) is 0 Å². The Hall–Kier alpha value is -2.12. The zero-order chi connectivity index (χ0) is 16.0. The van der Waals surface area contributed by atoms with Gasteiger partial charge in [0.25, 0.3) is 0 Å². The van der Waals surface area contributed by atoms with Gasteiger partial charge in [-0.1, -0.05) is 0 Å². The van der Waals surface area contributed by atoms with Gasteiger partial charge in [-0.25, -0.2) is 9.59 Å². The lowest BCUT2D eigenvalue weighted by Crippen LogP contribution is -2.46. The van der Waals surface area contributed by atoms with E-state index >= 15 is 0 Å². The van der Waals surface area contributed by atoms with E-state index in [0.29, 0.717) is 0 Å². The van der Waals surface area contributed by atoms with Crippen molar-refractivity contribution in [2.24, 2.45) is 5.92 Å². The van der Waals surface area contributed by atoms with Crippen LogP contribution < -0.4 is 0 Å². The second-order valence-corrected chi connectivity index (χ2v) is 4.22. The van der Waals surface area contributed by atoms with Crippen LogP contribution in [-0.2, 0) is 28.6 Å². The molecule has 118 valence electrons. The van der Waals surface area contributed by atoms with Crippen molar-refractivity contribution in [3.63, 3.8) is 0 Å². The molecule has 0 aromatic heterocycles. The number of nitrogens with zero attached hydrogens (tertiary/aromatic N) is 1. The van der Waals surface area contributed by atoms with Gasteiger partial charge in [-0.2, -0.15) is 0 Å². The number of rotatable bonds is 5. The maximum absolute atomic E-state index is 12.0. The van der Waals surface area contributed by atoms with E-state index in [-0.39, 0.29) is 26.4 Å². The minimum atomic E-state index is -1.37. The predicted octanol–water partition coefficient (Wildman–Crippen LogP) is 0.139. The maximum atomic E-state index is 12.0. The molecule has 8 nitrogen and oxygen atoms in total. The Morgan fingerprint density at radius 1 is 1.00 bits per heavy atom. The molecule has 8 heteroatoms. The normalized spacial score (nSPS) is 21.1. The monoisotopic (exact) mass is 301 g/mol. The lowest BCUT2D eigenvalue weighted by atomic mass is 9.99. The largest absolute Gasteiger partial charge is 0.465 e. The Kier molecular flexibility index (Phi) is 6.13. The van der Waals surface area contributed by atoms with E-state index in [1.807, 2.05) is 0 Å². The number of esters is 2. The zero-order valence-corrected chi connectivity index (χ0v) is 12.3. The first-order valence-electron chi connectivity index (χ1n) is 6.77. The van der Waals surface area contributed by atoms with Crippen LogP contribution in [0.15, 0.2) is 0 Å². The summed E-state index contributed by atoms with van der Waals surface area (Å²) in [6, 6.07) is -1.34. The number of ether oxygens (including phenoxy) is 3. The lowest BCUT2D eigenvalue weighted by Gasteiger charge is -2.23. The molecule has 1 aliphatic rings. The standard InChI is InChI=1S/C13H19NO7/c1-4-19-11(16)9-8(15)7-14(13(18)21-6-3)10(9)12(17)20-5-2/h9-10H,4-7H2,1-3H3. The number of ketones is 1. The molecule has 0 spiro atoms. The average Bonchev–Trinajstić information content (AvgIpc) is 2.77. The van der Waals surface area contributed by atoms with Crippen molar-refractivity contribution in [1.29, 1.82) is 0 Å². The van der Waals surface area contributed by atoms with Crippen LogP contribution in [-0.4, -0.2) is 61.1 Å². The lowest BCUT2D eigenvalue weighted by molar-refractivity contribution is -0.159. The van der Waals surface area contributed by atoms with E-state index in [1.54, 1.807) is 20.8 Å². The summed E-state index contributed by atoms with van der Waals surface area (Å²) in [7, 11) is 0. The summed E-state index contributed by atoms with van der Waals surface area (Å²) in [5, 5.41) is 0. The number of Topliss-reactive ketones (excluding diaryl/α,β-unsaturated/α-hetero) is 1. The van der Waals surface area contributed by atoms with Gasteiger partial charge < -0.3 is 14.2 Å². The molecule has 0 saturated carbocycles. The Labute approximate surface area is 122 Å². The molecular weight excluding hydrogens is 282 g/mol. The van der Waals surface area contributed by atoms with Crippen molar-refractivity contribution >= 4 is 23.8 Å². The van der Waals surface area contributed by atoms with Crippen LogP contribution in [0.1, 0.15) is 20.8 Å². The van der Waals surface area contributed by atoms with E-state index < -0.39 is 35.8 Å². The van der Waals surface area contributed by atoms with Crippen LogP contribution in [0.3, 0.4) is 0 Å². The highest BCUT2D eigenvalue weighted by Crippen LogP contribution is 2.25. The summed E-state index contributed by atoms with van der Waals surface area (Å²) in [5.74, 6) is -3.60. The molecule has 1 amide bonds. The van der Waals surface area contributed by atoms with Crippen molar-refractivity contribution < 1.29 is 33.4 Å². The fourth-order valence-electron chi connectivity index (χ4n) is 2.09. The van der Waals surface area contributed by atoms with E-state index in [2.05, 4.69) is 0 Å². The third-order valence-electron chi connectivity index (χ3n) is 2.90. The topological polar surface area (TPSA) is 99.2 Å². The maximum Gasteiger partial charge on any atom is 0.410 e. The van der Waals surface area contributed by atoms with Gasteiger partial charge in [-0.3, -0.25) is 14.5 Å². The van der Waals surface area contributed by atoms with E-state index in [0.717, 1.165) is 4.90 Å². The fourth-order valence-corrected chi connectivity index (χ4v) is 2.09. The first kappa shape index (κ1) is 16.9. The van der Waals surface area contributed by atoms with Crippen molar-refractivity contribution in [2.45, 2.75) is 26.8 Å². The Morgan fingerprint density at radius 2 is 1.52 bits per heavy atom. The second-order valence-electron chi connectivity index (χ2n) is 4.22. The van der Waals surface area contributed by atoms with Gasteiger partial charge in [0.1, 0.15) is 5.92 Å². The molecular formula is C13H19NO7. The molecule has 0 aliphatic carbocycles. The first-order valence-corrected chi connectivity index (χ1v) is 6.77. The summed E-state index contributed by atoms with van der Waals surface area (Å²) >= 11 is 0. The molecule has 0 radical (unpaired) electrons. The van der Waals surface area contributed by atoms with Gasteiger partial charge in [0.05, 0.1) is 26.4 Å². The summed E-state index contributed by atoms with van der Waals surface area (Å²) in [6.07, 6.45) is -0.837. The molecule has 1 fully saturated rings. The van der Waals surface area contributed by atoms with E-state index in [4.69, 9.17) is 14.2 Å². The van der Waals surface area contributed by atoms with E-state index in [1.165, 1.54) is 0 Å². The molecule has 2 unspecified atom stereocenters. The molecule has 1 heterocycles. The number of likely N-dealkylation sites (tertiary alicyclic amines) is 1. The van der Waals surface area contributed by atoms with E-state index in [9.17, 15) is 19.2 Å². The summed E-state index contributed by atoms with van der Waals surface area (Å²) < 4.78 is 14.4. The highest BCUT2D eigenvalue weighted by Gasteiger charge is 2.53. The molecule has 1 rings (SSSR count).